The Morgan fingerprint density at radius 3 is 2.39 bits per heavy atom. The molecule has 1 aliphatic rings. The molecular weight excluding hydrogens is 378 g/mol. The molecule has 1 aliphatic heterocycles. The Morgan fingerprint density at radius 1 is 1.11 bits per heavy atom. The molecule has 1 fully saturated rings. The number of methoxy groups -OCH3 is 1. The topological polar surface area (TPSA) is 86.8 Å². The first-order valence-corrected chi connectivity index (χ1v) is 10.0. The molecular formula is C19H25N5O3S. The molecule has 2 aromatic rings. The molecule has 2 amide bonds. The highest BCUT2D eigenvalue weighted by Gasteiger charge is 2.19. The maximum atomic E-state index is 12.1. The van der Waals surface area contributed by atoms with Gasteiger partial charge in [-0.2, -0.15) is 0 Å². The highest BCUT2D eigenvalue weighted by Crippen LogP contribution is 2.20. The summed E-state index contributed by atoms with van der Waals surface area (Å²) in [5.41, 5.74) is 6.98. The van der Waals surface area contributed by atoms with E-state index in [4.69, 9.17) is 4.74 Å². The predicted octanol–water partition coefficient (Wildman–Crippen LogP) is 0.972. The van der Waals surface area contributed by atoms with Crippen LogP contribution in [0, 0.1) is 6.92 Å². The van der Waals surface area contributed by atoms with Crippen molar-refractivity contribution in [3.63, 3.8) is 0 Å². The molecule has 1 aromatic heterocycles. The number of anilines is 1. The maximum absolute atomic E-state index is 12.1. The summed E-state index contributed by atoms with van der Waals surface area (Å²) in [5, 5.41) is 2.63. The van der Waals surface area contributed by atoms with Crippen LogP contribution in [0.3, 0.4) is 0 Å². The van der Waals surface area contributed by atoms with Crippen LogP contribution in [0.5, 0.6) is 5.75 Å². The molecule has 0 aliphatic carbocycles. The van der Waals surface area contributed by atoms with Crippen LogP contribution in [0.25, 0.3) is 0 Å². The number of rotatable bonds is 6. The highest BCUT2D eigenvalue weighted by atomic mass is 32.1. The minimum atomic E-state index is -0.271. The summed E-state index contributed by atoms with van der Waals surface area (Å²) in [6.45, 7) is 5.39. The Bertz CT molecular complexity index is 800. The molecule has 2 heterocycles. The number of carbonyl (C=O) groups is 2. The van der Waals surface area contributed by atoms with E-state index in [1.807, 2.05) is 36.6 Å². The number of aromatic nitrogens is 1. The number of aryl methyl sites for hydroxylation is 1. The molecule has 0 radical (unpaired) electrons. The predicted molar refractivity (Wildman–Crippen MR) is 108 cm³/mol. The summed E-state index contributed by atoms with van der Waals surface area (Å²) in [5.74, 6) is 0.347. The van der Waals surface area contributed by atoms with Gasteiger partial charge in [-0.25, -0.2) is 4.98 Å². The van der Waals surface area contributed by atoms with E-state index in [1.165, 1.54) is 11.3 Å². The van der Waals surface area contributed by atoms with E-state index < -0.39 is 0 Å². The summed E-state index contributed by atoms with van der Waals surface area (Å²) in [4.78, 5) is 32.6. The van der Waals surface area contributed by atoms with Crippen molar-refractivity contribution in [1.29, 1.82) is 0 Å². The van der Waals surface area contributed by atoms with Crippen molar-refractivity contribution in [1.82, 2.24) is 20.7 Å². The number of hydrogen-bond donors (Lipinski definition) is 2. The van der Waals surface area contributed by atoms with Gasteiger partial charge in [0.1, 0.15) is 10.8 Å². The lowest BCUT2D eigenvalue weighted by atomic mass is 10.2. The van der Waals surface area contributed by atoms with Gasteiger partial charge in [0, 0.05) is 42.9 Å². The van der Waals surface area contributed by atoms with Gasteiger partial charge in [0.2, 0.25) is 5.91 Å². The van der Waals surface area contributed by atoms with E-state index in [9.17, 15) is 9.59 Å². The van der Waals surface area contributed by atoms with Crippen LogP contribution < -0.4 is 20.5 Å². The van der Waals surface area contributed by atoms with Crippen LogP contribution in [0.4, 0.5) is 5.69 Å². The van der Waals surface area contributed by atoms with Gasteiger partial charge < -0.3 is 9.64 Å². The van der Waals surface area contributed by atoms with Crippen LogP contribution >= 0.6 is 11.3 Å². The molecule has 9 heteroatoms. The van der Waals surface area contributed by atoms with Crippen molar-refractivity contribution >= 4 is 28.8 Å². The summed E-state index contributed by atoms with van der Waals surface area (Å²) >= 11 is 1.44. The van der Waals surface area contributed by atoms with Crippen molar-refractivity contribution in [2.45, 2.75) is 13.3 Å². The van der Waals surface area contributed by atoms with E-state index >= 15 is 0 Å². The van der Waals surface area contributed by atoms with Crippen molar-refractivity contribution in [3.8, 4) is 5.75 Å². The summed E-state index contributed by atoms with van der Waals surface area (Å²) in [6.07, 6.45) is 0.166. The molecule has 0 saturated carbocycles. The second-order valence-electron chi connectivity index (χ2n) is 6.62. The number of hydrazine groups is 1. The number of amides is 2. The molecule has 0 spiro atoms. The molecule has 0 unspecified atom stereocenters. The van der Waals surface area contributed by atoms with E-state index in [1.54, 1.807) is 7.11 Å². The van der Waals surface area contributed by atoms with Crippen LogP contribution in [0.15, 0.2) is 29.6 Å². The van der Waals surface area contributed by atoms with E-state index in [0.29, 0.717) is 0 Å². The van der Waals surface area contributed by atoms with Gasteiger partial charge >= 0.3 is 0 Å². The van der Waals surface area contributed by atoms with Crippen LogP contribution in [0.2, 0.25) is 0 Å². The smallest absolute Gasteiger partial charge is 0.252 e. The fraction of sp³-hybridized carbons (Fsp3) is 0.421. The second-order valence-corrected chi connectivity index (χ2v) is 7.56. The molecule has 3 rings (SSSR count). The Labute approximate surface area is 168 Å². The molecule has 0 bridgehead atoms. The van der Waals surface area contributed by atoms with Crippen molar-refractivity contribution in [2.24, 2.45) is 0 Å². The summed E-state index contributed by atoms with van der Waals surface area (Å²) in [7, 11) is 1.65. The van der Waals surface area contributed by atoms with Gasteiger partial charge in [-0.15, -0.1) is 11.3 Å². The fourth-order valence-corrected chi connectivity index (χ4v) is 3.78. The van der Waals surface area contributed by atoms with Crippen LogP contribution in [-0.2, 0) is 16.0 Å². The van der Waals surface area contributed by atoms with Gasteiger partial charge in [-0.3, -0.25) is 25.3 Å². The first-order valence-electron chi connectivity index (χ1n) is 9.13. The molecule has 28 heavy (non-hydrogen) atoms. The van der Waals surface area contributed by atoms with E-state index in [2.05, 4.69) is 25.6 Å². The minimum Gasteiger partial charge on any atom is -0.497 e. The SMILES string of the molecule is COc1ccc(N2CCN(CC(=O)NNC(=O)Cc3nc(C)cs3)CC2)cc1. The summed E-state index contributed by atoms with van der Waals surface area (Å²) in [6, 6.07) is 7.98. The second kappa shape index (κ2) is 9.52. The zero-order valence-electron chi connectivity index (χ0n) is 16.1. The highest BCUT2D eigenvalue weighted by molar-refractivity contribution is 7.09. The van der Waals surface area contributed by atoms with Gasteiger partial charge in [0.05, 0.1) is 20.1 Å². The Balaban J connectivity index is 1.36. The van der Waals surface area contributed by atoms with Crippen LogP contribution in [-0.4, -0.2) is 61.5 Å². The number of nitrogens with zero attached hydrogens (tertiary/aromatic N) is 3. The number of benzene rings is 1. The lowest BCUT2D eigenvalue weighted by Crippen LogP contribution is -2.52. The van der Waals surface area contributed by atoms with Crippen molar-refractivity contribution in [3.05, 3.63) is 40.3 Å². The number of hydrogen-bond acceptors (Lipinski definition) is 7. The molecule has 150 valence electrons. The molecule has 2 N–H and O–H groups in total. The number of carbonyl (C=O) groups excluding carboxylic acids is 2. The number of thiazole rings is 1. The van der Waals surface area contributed by atoms with Gasteiger partial charge in [0.25, 0.3) is 5.91 Å². The third-order valence-electron chi connectivity index (χ3n) is 4.50. The summed E-state index contributed by atoms with van der Waals surface area (Å²) < 4.78 is 5.19. The van der Waals surface area contributed by atoms with Crippen LogP contribution in [0.1, 0.15) is 10.7 Å². The van der Waals surface area contributed by atoms with E-state index in [0.717, 1.165) is 48.3 Å². The van der Waals surface area contributed by atoms with Crippen molar-refractivity contribution in [2.75, 3.05) is 44.7 Å². The molecule has 1 saturated heterocycles. The quantitative estimate of drug-likeness (QED) is 0.699. The molecule has 8 nitrogen and oxygen atoms in total. The lowest BCUT2D eigenvalue weighted by Gasteiger charge is -2.35. The average molecular weight is 404 g/mol. The maximum Gasteiger partial charge on any atom is 0.252 e. The first-order chi connectivity index (χ1) is 13.5. The Morgan fingerprint density at radius 2 is 1.79 bits per heavy atom. The molecule has 1 aromatic carbocycles. The standard InChI is InChI=1S/C19H25N5O3S/c1-14-13-28-19(20-14)11-17(25)21-22-18(26)12-23-7-9-24(10-8-23)15-3-5-16(27-2)6-4-15/h3-6,13H,7-12H2,1-2H3,(H,21,25)(H,22,26). The first kappa shape index (κ1) is 20.1. The average Bonchev–Trinajstić information content (AvgIpc) is 3.11. The monoisotopic (exact) mass is 403 g/mol. The fourth-order valence-electron chi connectivity index (χ4n) is 3.00. The number of piperazine rings is 1. The van der Waals surface area contributed by atoms with Gasteiger partial charge in [-0.05, 0) is 31.2 Å². The van der Waals surface area contributed by atoms with Gasteiger partial charge in [0.15, 0.2) is 0 Å². The third-order valence-corrected chi connectivity index (χ3v) is 5.46. The largest absolute Gasteiger partial charge is 0.497 e. The normalized spacial score (nSPS) is 14.6. The zero-order valence-corrected chi connectivity index (χ0v) is 16.9. The molecule has 0 atom stereocenters. The Hall–Kier alpha value is -2.65. The van der Waals surface area contributed by atoms with Crippen molar-refractivity contribution < 1.29 is 14.3 Å². The van der Waals surface area contributed by atoms with Gasteiger partial charge in [-0.1, -0.05) is 0 Å². The lowest BCUT2D eigenvalue weighted by molar-refractivity contribution is -0.129. The Kier molecular flexibility index (Phi) is 6.83. The number of nitrogens with one attached hydrogen (secondary N) is 2. The third kappa shape index (κ3) is 5.67. The zero-order chi connectivity index (χ0) is 19.9. The van der Waals surface area contributed by atoms with E-state index in [-0.39, 0.29) is 24.8 Å². The number of ether oxygens (including phenoxy) is 1. The minimum absolute atomic E-state index is 0.166.